The average molecular weight is 482 g/mol. The summed E-state index contributed by atoms with van der Waals surface area (Å²) in [6, 6.07) is 15.4. The van der Waals surface area contributed by atoms with Crippen molar-refractivity contribution in [1.82, 2.24) is 19.7 Å². The van der Waals surface area contributed by atoms with Crippen LogP contribution in [0.3, 0.4) is 0 Å². The summed E-state index contributed by atoms with van der Waals surface area (Å²) in [5.74, 6) is 0.801. The van der Waals surface area contributed by atoms with Crippen molar-refractivity contribution >= 4 is 45.7 Å². The summed E-state index contributed by atoms with van der Waals surface area (Å²) in [7, 11) is 0. The molecule has 1 amide bonds. The molecule has 0 aliphatic heterocycles. The van der Waals surface area contributed by atoms with Crippen LogP contribution in [-0.2, 0) is 11.3 Å². The second-order valence-corrected chi connectivity index (χ2v) is 9.14. The van der Waals surface area contributed by atoms with Gasteiger partial charge in [0.15, 0.2) is 16.1 Å². The molecule has 0 saturated heterocycles. The second-order valence-electron chi connectivity index (χ2n) is 6.90. The first-order valence-corrected chi connectivity index (χ1v) is 12.0. The van der Waals surface area contributed by atoms with Crippen molar-refractivity contribution in [3.8, 4) is 22.6 Å². The minimum atomic E-state index is -0.155. The number of carbonyl (C=O) groups is 1. The molecular weight excluding hydrogens is 462 g/mol. The maximum absolute atomic E-state index is 12.5. The number of amides is 1. The van der Waals surface area contributed by atoms with Crippen LogP contribution in [0.2, 0.25) is 5.02 Å². The maximum atomic E-state index is 12.5. The number of nitrogens with one attached hydrogen (secondary N) is 1. The van der Waals surface area contributed by atoms with Gasteiger partial charge >= 0.3 is 0 Å². The highest BCUT2D eigenvalue weighted by molar-refractivity contribution is 7.99. The van der Waals surface area contributed by atoms with Gasteiger partial charge in [-0.05, 0) is 24.6 Å². The molecule has 6 nitrogen and oxygen atoms in total. The topological polar surface area (TPSA) is 72.7 Å². The molecule has 0 bridgehead atoms. The summed E-state index contributed by atoms with van der Waals surface area (Å²) in [5, 5.41) is 15.3. The number of rotatable bonds is 8. The fourth-order valence-corrected chi connectivity index (χ4v) is 4.69. The van der Waals surface area contributed by atoms with Gasteiger partial charge in [-0.15, -0.1) is 28.1 Å². The number of aryl methyl sites for hydroxylation is 1. The van der Waals surface area contributed by atoms with Crippen LogP contribution in [0.1, 0.15) is 5.56 Å². The van der Waals surface area contributed by atoms with Crippen LogP contribution in [0.15, 0.2) is 71.7 Å². The predicted molar refractivity (Wildman–Crippen MR) is 132 cm³/mol. The number of carbonyl (C=O) groups excluding carboxylic acids is 1. The summed E-state index contributed by atoms with van der Waals surface area (Å²) >= 11 is 8.65. The summed E-state index contributed by atoms with van der Waals surface area (Å²) in [4.78, 5) is 17.0. The van der Waals surface area contributed by atoms with Gasteiger partial charge < -0.3 is 5.32 Å². The lowest BCUT2D eigenvalue weighted by atomic mass is 10.1. The number of thioether (sulfide) groups is 1. The van der Waals surface area contributed by atoms with Crippen LogP contribution in [0.5, 0.6) is 0 Å². The standard InChI is InChI=1S/C23H20ClN5OS2/c1-3-12-29-21(18-7-5-4-6-15(18)2)27-28-23(29)32-14-20(30)26-22-25-19(13-31-22)16-8-10-17(24)11-9-16/h3-11,13H,1,12,14H2,2H3,(H,25,26,30). The van der Waals surface area contributed by atoms with Gasteiger partial charge in [0.1, 0.15) is 0 Å². The van der Waals surface area contributed by atoms with E-state index in [-0.39, 0.29) is 11.7 Å². The molecule has 0 unspecified atom stereocenters. The number of anilines is 1. The van der Waals surface area contributed by atoms with Crippen LogP contribution in [-0.4, -0.2) is 31.4 Å². The second kappa shape index (κ2) is 10.1. The van der Waals surface area contributed by atoms with Crippen LogP contribution in [0.4, 0.5) is 5.13 Å². The van der Waals surface area contributed by atoms with Crippen LogP contribution in [0, 0.1) is 6.92 Å². The van der Waals surface area contributed by atoms with Crippen LogP contribution >= 0.6 is 34.7 Å². The SMILES string of the molecule is C=CCn1c(SCC(=O)Nc2nc(-c3ccc(Cl)cc3)cs2)nnc1-c1ccccc1C. The minimum absolute atomic E-state index is 0.155. The number of halogens is 1. The van der Waals surface area contributed by atoms with Crippen molar-refractivity contribution in [1.29, 1.82) is 0 Å². The van der Waals surface area contributed by atoms with E-state index < -0.39 is 0 Å². The highest BCUT2D eigenvalue weighted by Gasteiger charge is 2.16. The monoisotopic (exact) mass is 481 g/mol. The molecule has 2 aromatic carbocycles. The molecular formula is C23H20ClN5OS2. The van der Waals surface area contributed by atoms with E-state index in [1.807, 2.05) is 65.4 Å². The fraction of sp³-hybridized carbons (Fsp3) is 0.130. The lowest BCUT2D eigenvalue weighted by Gasteiger charge is -2.09. The lowest BCUT2D eigenvalue weighted by molar-refractivity contribution is -0.113. The Morgan fingerprint density at radius 2 is 2.00 bits per heavy atom. The highest BCUT2D eigenvalue weighted by atomic mass is 35.5. The molecule has 4 rings (SSSR count). The summed E-state index contributed by atoms with van der Waals surface area (Å²) in [6.45, 7) is 6.43. The Kier molecular flexibility index (Phi) is 7.04. The molecule has 0 aliphatic carbocycles. The minimum Gasteiger partial charge on any atom is -0.301 e. The quantitative estimate of drug-likeness (QED) is 0.249. The Balaban J connectivity index is 1.43. The van der Waals surface area contributed by atoms with Crippen molar-refractivity contribution in [2.24, 2.45) is 0 Å². The number of aromatic nitrogens is 4. The van der Waals surface area contributed by atoms with Gasteiger partial charge in [0.05, 0.1) is 11.4 Å². The lowest BCUT2D eigenvalue weighted by Crippen LogP contribution is -2.14. The Morgan fingerprint density at radius 1 is 1.22 bits per heavy atom. The van der Waals surface area contributed by atoms with E-state index in [1.165, 1.54) is 23.1 Å². The number of allylic oxidation sites excluding steroid dienone is 1. The van der Waals surface area contributed by atoms with E-state index in [4.69, 9.17) is 11.6 Å². The smallest absolute Gasteiger partial charge is 0.236 e. The molecule has 0 aliphatic rings. The molecule has 1 N–H and O–H groups in total. The molecule has 0 saturated carbocycles. The van der Waals surface area contributed by atoms with Gasteiger partial charge in [0.2, 0.25) is 5.91 Å². The predicted octanol–water partition coefficient (Wildman–Crippen LogP) is 5.95. The first kappa shape index (κ1) is 22.3. The first-order valence-electron chi connectivity index (χ1n) is 9.79. The number of benzene rings is 2. The third-order valence-electron chi connectivity index (χ3n) is 4.64. The summed E-state index contributed by atoms with van der Waals surface area (Å²) in [5.41, 5.74) is 3.86. The van der Waals surface area contributed by atoms with E-state index in [1.54, 1.807) is 6.08 Å². The Bertz CT molecular complexity index is 1250. The number of nitrogens with zero attached hydrogens (tertiary/aromatic N) is 4. The van der Waals surface area contributed by atoms with Crippen LogP contribution < -0.4 is 5.32 Å². The van der Waals surface area contributed by atoms with E-state index in [0.29, 0.717) is 21.9 Å². The largest absolute Gasteiger partial charge is 0.301 e. The molecule has 4 aromatic rings. The number of hydrogen-bond acceptors (Lipinski definition) is 6. The molecule has 32 heavy (non-hydrogen) atoms. The van der Waals surface area contributed by atoms with Gasteiger partial charge in [-0.25, -0.2) is 4.98 Å². The molecule has 2 heterocycles. The molecule has 9 heteroatoms. The van der Waals surface area contributed by atoms with E-state index >= 15 is 0 Å². The zero-order chi connectivity index (χ0) is 22.5. The highest BCUT2D eigenvalue weighted by Crippen LogP contribution is 2.28. The third kappa shape index (κ3) is 5.09. The number of thiazole rings is 1. The Morgan fingerprint density at radius 3 is 2.75 bits per heavy atom. The van der Waals surface area contributed by atoms with E-state index in [0.717, 1.165) is 28.2 Å². The van der Waals surface area contributed by atoms with Crippen LogP contribution in [0.25, 0.3) is 22.6 Å². The third-order valence-corrected chi connectivity index (χ3v) is 6.61. The van der Waals surface area contributed by atoms with Crippen molar-refractivity contribution in [2.45, 2.75) is 18.6 Å². The number of hydrogen-bond donors (Lipinski definition) is 1. The van der Waals surface area contributed by atoms with Crippen molar-refractivity contribution in [3.05, 3.63) is 77.2 Å². The van der Waals surface area contributed by atoms with Crippen molar-refractivity contribution in [3.63, 3.8) is 0 Å². The summed E-state index contributed by atoms with van der Waals surface area (Å²) in [6.07, 6.45) is 1.79. The zero-order valence-corrected chi connectivity index (χ0v) is 19.7. The molecule has 0 spiro atoms. The van der Waals surface area contributed by atoms with Crippen molar-refractivity contribution in [2.75, 3.05) is 11.1 Å². The van der Waals surface area contributed by atoms with Gasteiger partial charge in [0, 0.05) is 28.1 Å². The zero-order valence-electron chi connectivity index (χ0n) is 17.3. The summed E-state index contributed by atoms with van der Waals surface area (Å²) < 4.78 is 1.97. The van der Waals surface area contributed by atoms with Crippen molar-refractivity contribution < 1.29 is 4.79 Å². The molecule has 0 radical (unpaired) electrons. The fourth-order valence-electron chi connectivity index (χ4n) is 3.08. The van der Waals surface area contributed by atoms with Gasteiger partial charge in [-0.3, -0.25) is 9.36 Å². The normalized spacial score (nSPS) is 10.8. The molecule has 0 atom stereocenters. The molecule has 0 fully saturated rings. The van der Waals surface area contributed by atoms with Gasteiger partial charge in [0.25, 0.3) is 0 Å². The van der Waals surface area contributed by atoms with Gasteiger partial charge in [-0.1, -0.05) is 65.8 Å². The Hall–Kier alpha value is -2.94. The van der Waals surface area contributed by atoms with E-state index in [9.17, 15) is 4.79 Å². The van der Waals surface area contributed by atoms with E-state index in [2.05, 4.69) is 27.1 Å². The Labute approximate surface area is 199 Å². The first-order chi connectivity index (χ1) is 15.5. The molecule has 2 aromatic heterocycles. The van der Waals surface area contributed by atoms with Gasteiger partial charge in [-0.2, -0.15) is 0 Å². The average Bonchev–Trinajstić information content (AvgIpc) is 3.41. The molecule has 162 valence electrons. The maximum Gasteiger partial charge on any atom is 0.236 e.